The van der Waals surface area contributed by atoms with Crippen LogP contribution in [-0.2, 0) is 21.5 Å². The number of carbonyl (C=O) groups excluding carboxylic acids is 1. The minimum atomic E-state index is -1.36. The third-order valence-corrected chi connectivity index (χ3v) is 3.66. The molecule has 20 heavy (non-hydrogen) atoms. The maximum Gasteiger partial charge on any atom is 0.408 e. The fourth-order valence-electron chi connectivity index (χ4n) is 2.54. The van der Waals surface area contributed by atoms with Gasteiger partial charge in [0, 0.05) is 0 Å². The first-order chi connectivity index (χ1) is 9.60. The lowest BCUT2D eigenvalue weighted by Crippen LogP contribution is -2.50. The van der Waals surface area contributed by atoms with Gasteiger partial charge in [0.05, 0.1) is 6.61 Å². The lowest BCUT2D eigenvalue weighted by Gasteiger charge is -2.26. The van der Waals surface area contributed by atoms with Crippen molar-refractivity contribution >= 4 is 12.1 Å². The van der Waals surface area contributed by atoms with E-state index in [1.165, 1.54) is 0 Å². The van der Waals surface area contributed by atoms with Crippen molar-refractivity contribution in [3.8, 4) is 0 Å². The number of unbranched alkanes of at least 4 members (excludes halogenated alkanes) is 1. The topological polar surface area (TPSA) is 75.6 Å². The zero-order valence-corrected chi connectivity index (χ0v) is 11.5. The Morgan fingerprint density at radius 3 is 2.85 bits per heavy atom. The fourth-order valence-corrected chi connectivity index (χ4v) is 2.54. The summed E-state index contributed by atoms with van der Waals surface area (Å²) >= 11 is 0. The molecule has 0 spiro atoms. The molecule has 0 aromatic heterocycles. The highest BCUT2D eigenvalue weighted by Gasteiger charge is 2.47. The Morgan fingerprint density at radius 2 is 2.15 bits per heavy atom. The molecule has 1 amide bonds. The maximum absolute atomic E-state index is 11.8. The van der Waals surface area contributed by atoms with Gasteiger partial charge in [-0.2, -0.15) is 0 Å². The lowest BCUT2D eigenvalue weighted by atomic mass is 9.92. The predicted molar refractivity (Wildman–Crippen MR) is 73.5 cm³/mol. The standard InChI is InChI=1S/C15H19NO4/c1-2-3-10-20-14(19)16-15(13(17)18)9-8-11-6-4-5-7-12(11)15/h4-7H,2-3,8-10H2,1H3,(H,16,19)(H,17,18). The number of amides is 1. The lowest BCUT2D eigenvalue weighted by molar-refractivity contribution is -0.145. The molecule has 1 aromatic carbocycles. The van der Waals surface area contributed by atoms with E-state index < -0.39 is 17.6 Å². The Labute approximate surface area is 117 Å². The fraction of sp³-hybridized carbons (Fsp3) is 0.467. The van der Waals surface area contributed by atoms with E-state index in [2.05, 4.69) is 5.32 Å². The van der Waals surface area contributed by atoms with Crippen LogP contribution >= 0.6 is 0 Å². The first-order valence-corrected chi connectivity index (χ1v) is 6.87. The van der Waals surface area contributed by atoms with Gasteiger partial charge in [0.2, 0.25) is 0 Å². The van der Waals surface area contributed by atoms with Gasteiger partial charge >= 0.3 is 12.1 Å². The van der Waals surface area contributed by atoms with E-state index in [9.17, 15) is 14.7 Å². The molecule has 1 atom stereocenters. The number of carbonyl (C=O) groups is 2. The number of fused-ring (bicyclic) bond motifs is 1. The molecule has 1 aromatic rings. The number of carboxylic acid groups (broad SMARTS) is 1. The van der Waals surface area contributed by atoms with Gasteiger partial charge in [-0.3, -0.25) is 0 Å². The summed E-state index contributed by atoms with van der Waals surface area (Å²) in [6.07, 6.45) is 2.00. The normalized spacial score (nSPS) is 20.2. The molecule has 2 N–H and O–H groups in total. The van der Waals surface area contributed by atoms with E-state index in [4.69, 9.17) is 4.74 Å². The van der Waals surface area contributed by atoms with Crippen molar-refractivity contribution in [2.45, 2.75) is 38.1 Å². The Balaban J connectivity index is 2.17. The van der Waals surface area contributed by atoms with Crippen molar-refractivity contribution in [1.82, 2.24) is 5.32 Å². The van der Waals surface area contributed by atoms with Crippen LogP contribution in [0.1, 0.15) is 37.3 Å². The van der Waals surface area contributed by atoms with Crippen LogP contribution in [0.5, 0.6) is 0 Å². The summed E-state index contributed by atoms with van der Waals surface area (Å²) in [7, 11) is 0. The van der Waals surface area contributed by atoms with Crippen molar-refractivity contribution < 1.29 is 19.4 Å². The highest BCUT2D eigenvalue weighted by molar-refractivity contribution is 5.87. The van der Waals surface area contributed by atoms with Crippen LogP contribution in [0.15, 0.2) is 24.3 Å². The molecule has 5 heteroatoms. The summed E-state index contributed by atoms with van der Waals surface area (Å²) < 4.78 is 5.02. The number of carboxylic acids is 1. The molecule has 2 rings (SSSR count). The Morgan fingerprint density at radius 1 is 1.40 bits per heavy atom. The molecule has 0 heterocycles. The molecule has 0 saturated carbocycles. The van der Waals surface area contributed by atoms with E-state index >= 15 is 0 Å². The molecule has 0 bridgehead atoms. The zero-order valence-electron chi connectivity index (χ0n) is 11.5. The summed E-state index contributed by atoms with van der Waals surface area (Å²) in [5, 5.41) is 12.1. The third kappa shape index (κ3) is 2.61. The predicted octanol–water partition coefficient (Wildman–Crippen LogP) is 2.44. The molecule has 5 nitrogen and oxygen atoms in total. The average molecular weight is 277 g/mol. The summed E-state index contributed by atoms with van der Waals surface area (Å²) in [4.78, 5) is 23.5. The van der Waals surface area contributed by atoms with Crippen LogP contribution in [0, 0.1) is 0 Å². The Hall–Kier alpha value is -2.04. The van der Waals surface area contributed by atoms with Gasteiger partial charge in [-0.1, -0.05) is 37.6 Å². The van der Waals surface area contributed by atoms with Crippen LogP contribution in [-0.4, -0.2) is 23.8 Å². The van der Waals surface area contributed by atoms with Gasteiger partial charge < -0.3 is 15.2 Å². The van der Waals surface area contributed by atoms with Crippen LogP contribution in [0.2, 0.25) is 0 Å². The summed E-state index contributed by atoms with van der Waals surface area (Å²) in [6, 6.07) is 7.30. The van der Waals surface area contributed by atoms with Crippen molar-refractivity contribution in [3.63, 3.8) is 0 Å². The van der Waals surface area contributed by atoms with Crippen LogP contribution in [0.4, 0.5) is 4.79 Å². The van der Waals surface area contributed by atoms with Gasteiger partial charge in [0.25, 0.3) is 0 Å². The SMILES string of the molecule is CCCCOC(=O)NC1(C(=O)O)CCc2ccccc21. The van der Waals surface area contributed by atoms with Crippen molar-refractivity contribution in [3.05, 3.63) is 35.4 Å². The molecule has 0 fully saturated rings. The Bertz CT molecular complexity index is 514. The van der Waals surface area contributed by atoms with E-state index in [-0.39, 0.29) is 0 Å². The van der Waals surface area contributed by atoms with Crippen LogP contribution < -0.4 is 5.32 Å². The van der Waals surface area contributed by atoms with E-state index in [1.807, 2.05) is 19.1 Å². The summed E-state index contributed by atoms with van der Waals surface area (Å²) in [5.41, 5.74) is 0.253. The van der Waals surface area contributed by atoms with Gasteiger partial charge in [0.15, 0.2) is 5.54 Å². The quantitative estimate of drug-likeness (QED) is 0.810. The third-order valence-electron chi connectivity index (χ3n) is 3.66. The van der Waals surface area contributed by atoms with Crippen molar-refractivity contribution in [2.24, 2.45) is 0 Å². The first-order valence-electron chi connectivity index (χ1n) is 6.87. The van der Waals surface area contributed by atoms with Crippen molar-refractivity contribution in [2.75, 3.05) is 6.61 Å². The number of aryl methyl sites for hydroxylation is 1. The number of hydrogen-bond acceptors (Lipinski definition) is 3. The summed E-state index contributed by atoms with van der Waals surface area (Å²) in [6.45, 7) is 2.30. The zero-order chi connectivity index (χ0) is 14.6. The number of benzene rings is 1. The number of hydrogen-bond donors (Lipinski definition) is 2. The average Bonchev–Trinajstić information content (AvgIpc) is 2.80. The smallest absolute Gasteiger partial charge is 0.408 e. The van der Waals surface area contributed by atoms with Crippen molar-refractivity contribution in [1.29, 1.82) is 0 Å². The minimum absolute atomic E-state index is 0.305. The second-order valence-corrected chi connectivity index (χ2v) is 4.98. The molecule has 0 radical (unpaired) electrons. The van der Waals surface area contributed by atoms with Crippen LogP contribution in [0.25, 0.3) is 0 Å². The molecular weight excluding hydrogens is 258 g/mol. The van der Waals surface area contributed by atoms with Gasteiger partial charge in [-0.25, -0.2) is 9.59 Å². The minimum Gasteiger partial charge on any atom is -0.479 e. The van der Waals surface area contributed by atoms with Gasteiger partial charge in [-0.15, -0.1) is 0 Å². The molecule has 1 aliphatic rings. The van der Waals surface area contributed by atoms with Gasteiger partial charge in [-0.05, 0) is 30.4 Å². The number of rotatable bonds is 5. The highest BCUT2D eigenvalue weighted by atomic mass is 16.5. The van der Waals surface area contributed by atoms with Crippen LogP contribution in [0.3, 0.4) is 0 Å². The second-order valence-electron chi connectivity index (χ2n) is 4.98. The molecule has 0 aliphatic heterocycles. The van der Waals surface area contributed by atoms with E-state index in [1.54, 1.807) is 12.1 Å². The monoisotopic (exact) mass is 277 g/mol. The number of aliphatic carboxylic acids is 1. The molecular formula is C15H19NO4. The molecule has 0 saturated heterocycles. The summed E-state index contributed by atoms with van der Waals surface area (Å²) in [5.74, 6) is -1.05. The van der Waals surface area contributed by atoms with E-state index in [0.717, 1.165) is 18.4 Å². The largest absolute Gasteiger partial charge is 0.479 e. The maximum atomic E-state index is 11.8. The number of alkyl carbamates (subject to hydrolysis) is 1. The second kappa shape index (κ2) is 5.94. The highest BCUT2D eigenvalue weighted by Crippen LogP contribution is 2.37. The Kier molecular flexibility index (Phi) is 4.27. The first kappa shape index (κ1) is 14.4. The molecule has 108 valence electrons. The number of nitrogens with one attached hydrogen (secondary N) is 1. The number of ether oxygens (including phenoxy) is 1. The molecule has 1 unspecified atom stereocenters. The van der Waals surface area contributed by atoms with E-state index in [0.29, 0.717) is 25.0 Å². The molecule has 1 aliphatic carbocycles. The van der Waals surface area contributed by atoms with Gasteiger partial charge in [0.1, 0.15) is 0 Å².